The monoisotopic (exact) mass is 267 g/mol. The van der Waals surface area contributed by atoms with E-state index < -0.39 is 0 Å². The van der Waals surface area contributed by atoms with E-state index in [1.165, 1.54) is 64.5 Å². The summed E-state index contributed by atoms with van der Waals surface area (Å²) in [5, 5.41) is 0. The Morgan fingerprint density at radius 1 is 1.11 bits per heavy atom. The highest BCUT2D eigenvalue weighted by atomic mass is 15.3. The van der Waals surface area contributed by atoms with E-state index >= 15 is 0 Å². The van der Waals surface area contributed by atoms with Crippen LogP contribution < -0.4 is 11.3 Å². The average molecular weight is 267 g/mol. The first-order chi connectivity index (χ1) is 8.98. The Morgan fingerprint density at radius 3 is 2.16 bits per heavy atom. The highest BCUT2D eigenvalue weighted by Gasteiger charge is 2.46. The summed E-state index contributed by atoms with van der Waals surface area (Å²) >= 11 is 0. The Bertz CT molecular complexity index is 270. The zero-order valence-electron chi connectivity index (χ0n) is 13.2. The van der Waals surface area contributed by atoms with Gasteiger partial charge in [0.1, 0.15) is 0 Å². The second kappa shape index (κ2) is 6.11. The van der Waals surface area contributed by atoms with E-state index in [1.807, 2.05) is 0 Å². The molecule has 1 saturated heterocycles. The third kappa shape index (κ3) is 3.50. The second-order valence-corrected chi connectivity index (χ2v) is 7.82. The molecule has 0 amide bonds. The minimum atomic E-state index is 0.358. The van der Waals surface area contributed by atoms with Crippen LogP contribution in [0.25, 0.3) is 0 Å². The second-order valence-electron chi connectivity index (χ2n) is 7.82. The van der Waals surface area contributed by atoms with Gasteiger partial charge < -0.3 is 0 Å². The van der Waals surface area contributed by atoms with Gasteiger partial charge in [-0.1, -0.05) is 33.6 Å². The van der Waals surface area contributed by atoms with Crippen molar-refractivity contribution in [3.63, 3.8) is 0 Å². The van der Waals surface area contributed by atoms with Crippen molar-refractivity contribution < 1.29 is 0 Å². The highest BCUT2D eigenvalue weighted by molar-refractivity contribution is 5.04. The molecule has 3 N–H and O–H groups in total. The molecule has 0 aromatic rings. The number of likely N-dealkylation sites (tertiary alicyclic amines) is 1. The van der Waals surface area contributed by atoms with Crippen LogP contribution >= 0.6 is 0 Å². The van der Waals surface area contributed by atoms with Gasteiger partial charge in [-0.3, -0.25) is 16.2 Å². The van der Waals surface area contributed by atoms with Crippen LogP contribution in [0.3, 0.4) is 0 Å². The summed E-state index contributed by atoms with van der Waals surface area (Å²) in [5.41, 5.74) is 3.95. The Balaban J connectivity index is 2.07. The zero-order valence-corrected chi connectivity index (χ0v) is 13.2. The zero-order chi connectivity index (χ0) is 13.9. The minimum absolute atomic E-state index is 0.358. The molecule has 2 fully saturated rings. The van der Waals surface area contributed by atoms with Crippen molar-refractivity contribution in [2.24, 2.45) is 11.3 Å². The van der Waals surface area contributed by atoms with Gasteiger partial charge in [0.05, 0.1) is 0 Å². The summed E-state index contributed by atoms with van der Waals surface area (Å²) in [5.74, 6) is 5.96. The van der Waals surface area contributed by atoms with E-state index in [9.17, 15) is 0 Å². The third-order valence-corrected chi connectivity index (χ3v) is 5.24. The molecule has 1 aliphatic heterocycles. The van der Waals surface area contributed by atoms with Crippen molar-refractivity contribution >= 4 is 0 Å². The molecular formula is C16H33N3. The number of hydrogen-bond acceptors (Lipinski definition) is 3. The normalized spacial score (nSPS) is 25.9. The van der Waals surface area contributed by atoms with Crippen LogP contribution in [-0.4, -0.2) is 29.6 Å². The molecule has 0 aromatic carbocycles. The molecule has 3 nitrogen and oxygen atoms in total. The standard InChI is InChI=1S/C16H33N3/c1-15(2,3)11-8-14(18-17)16(9-4-5-10-16)19-12-6-7-13-19/h14,18H,4-13,17H2,1-3H3. The molecule has 1 unspecified atom stereocenters. The Labute approximate surface area is 119 Å². The molecular weight excluding hydrogens is 234 g/mol. The molecule has 19 heavy (non-hydrogen) atoms. The third-order valence-electron chi connectivity index (χ3n) is 5.24. The molecule has 0 aromatic heterocycles. The molecule has 2 aliphatic rings. The van der Waals surface area contributed by atoms with Crippen LogP contribution in [0.2, 0.25) is 0 Å². The van der Waals surface area contributed by atoms with E-state index in [0.29, 0.717) is 17.0 Å². The van der Waals surface area contributed by atoms with Gasteiger partial charge in [-0.2, -0.15) is 0 Å². The van der Waals surface area contributed by atoms with Gasteiger partial charge in [-0.15, -0.1) is 0 Å². The van der Waals surface area contributed by atoms with Crippen molar-refractivity contribution in [3.05, 3.63) is 0 Å². The van der Waals surface area contributed by atoms with Crippen LogP contribution in [0.5, 0.6) is 0 Å². The van der Waals surface area contributed by atoms with Crippen LogP contribution in [0.1, 0.15) is 72.1 Å². The maximum Gasteiger partial charge on any atom is 0.0394 e. The molecule has 0 spiro atoms. The first kappa shape index (κ1) is 15.3. The SMILES string of the molecule is CC(C)(C)CCC(NN)C1(N2CCCC2)CCCC1. The molecule has 1 saturated carbocycles. The van der Waals surface area contributed by atoms with E-state index in [0.717, 1.165) is 0 Å². The lowest BCUT2D eigenvalue weighted by atomic mass is 9.80. The largest absolute Gasteiger partial charge is 0.296 e. The van der Waals surface area contributed by atoms with Crippen LogP contribution in [-0.2, 0) is 0 Å². The van der Waals surface area contributed by atoms with E-state index in [-0.39, 0.29) is 0 Å². The number of nitrogens with two attached hydrogens (primary N) is 1. The first-order valence-corrected chi connectivity index (χ1v) is 8.19. The van der Waals surface area contributed by atoms with E-state index in [1.54, 1.807) is 0 Å². The van der Waals surface area contributed by atoms with Crippen molar-refractivity contribution in [2.75, 3.05) is 13.1 Å². The Morgan fingerprint density at radius 2 is 1.68 bits per heavy atom. The van der Waals surface area contributed by atoms with Crippen molar-refractivity contribution in [1.82, 2.24) is 10.3 Å². The maximum absolute atomic E-state index is 5.96. The summed E-state index contributed by atoms with van der Waals surface area (Å²) in [6.45, 7) is 9.56. The van der Waals surface area contributed by atoms with Gasteiger partial charge in [0, 0.05) is 11.6 Å². The number of hydrogen-bond donors (Lipinski definition) is 2. The molecule has 1 atom stereocenters. The van der Waals surface area contributed by atoms with Gasteiger partial charge in [0.15, 0.2) is 0 Å². The minimum Gasteiger partial charge on any atom is -0.296 e. The van der Waals surface area contributed by atoms with E-state index in [4.69, 9.17) is 5.84 Å². The number of rotatable bonds is 5. The lowest BCUT2D eigenvalue weighted by Crippen LogP contribution is -2.60. The molecule has 3 heteroatoms. The summed E-state index contributed by atoms with van der Waals surface area (Å²) in [6.07, 6.45) is 10.6. The van der Waals surface area contributed by atoms with Gasteiger partial charge in [-0.05, 0) is 57.0 Å². The molecule has 2 rings (SSSR count). The fraction of sp³-hybridized carbons (Fsp3) is 1.00. The number of nitrogens with one attached hydrogen (secondary N) is 1. The molecule has 1 aliphatic carbocycles. The Hall–Kier alpha value is -0.120. The predicted octanol–water partition coefficient (Wildman–Crippen LogP) is 3.05. The lowest BCUT2D eigenvalue weighted by Gasteiger charge is -2.45. The maximum atomic E-state index is 5.96. The number of nitrogens with zero attached hydrogens (tertiary/aromatic N) is 1. The quantitative estimate of drug-likeness (QED) is 0.594. The first-order valence-electron chi connectivity index (χ1n) is 8.19. The van der Waals surface area contributed by atoms with Crippen molar-refractivity contribution in [3.8, 4) is 0 Å². The number of hydrazine groups is 1. The van der Waals surface area contributed by atoms with Gasteiger partial charge in [0.2, 0.25) is 0 Å². The smallest absolute Gasteiger partial charge is 0.0394 e. The summed E-state index contributed by atoms with van der Waals surface area (Å²) in [6, 6.07) is 0.465. The summed E-state index contributed by atoms with van der Waals surface area (Å²) in [7, 11) is 0. The fourth-order valence-electron chi connectivity index (χ4n) is 4.12. The predicted molar refractivity (Wildman–Crippen MR) is 81.8 cm³/mol. The highest BCUT2D eigenvalue weighted by Crippen LogP contribution is 2.41. The van der Waals surface area contributed by atoms with Crippen LogP contribution in [0.4, 0.5) is 0 Å². The molecule has 0 bridgehead atoms. The van der Waals surface area contributed by atoms with Crippen LogP contribution in [0, 0.1) is 5.41 Å². The van der Waals surface area contributed by atoms with Crippen molar-refractivity contribution in [1.29, 1.82) is 0 Å². The molecule has 112 valence electrons. The topological polar surface area (TPSA) is 41.3 Å². The van der Waals surface area contributed by atoms with Gasteiger partial charge in [0.25, 0.3) is 0 Å². The lowest BCUT2D eigenvalue weighted by molar-refractivity contribution is 0.0678. The van der Waals surface area contributed by atoms with Crippen molar-refractivity contribution in [2.45, 2.75) is 83.7 Å². The molecule has 1 heterocycles. The van der Waals surface area contributed by atoms with Gasteiger partial charge in [-0.25, -0.2) is 0 Å². The summed E-state index contributed by atoms with van der Waals surface area (Å²) < 4.78 is 0. The van der Waals surface area contributed by atoms with Crippen LogP contribution in [0.15, 0.2) is 0 Å². The fourth-order valence-corrected chi connectivity index (χ4v) is 4.12. The summed E-state index contributed by atoms with van der Waals surface area (Å²) in [4.78, 5) is 2.76. The average Bonchev–Trinajstić information content (AvgIpc) is 2.99. The van der Waals surface area contributed by atoms with E-state index in [2.05, 4.69) is 31.1 Å². The van der Waals surface area contributed by atoms with Gasteiger partial charge >= 0.3 is 0 Å². The molecule has 0 radical (unpaired) electrons. The Kier molecular flexibility index (Phi) is 4.91.